The molecule has 0 saturated carbocycles. The molecule has 0 amide bonds. The molecule has 2 heterocycles. The second kappa shape index (κ2) is 7.45. The van der Waals surface area contributed by atoms with E-state index in [1.165, 1.54) is 6.07 Å². The lowest BCUT2D eigenvalue weighted by molar-refractivity contribution is -0.143. The smallest absolute Gasteiger partial charge is 0.307 e. The maximum absolute atomic E-state index is 14.0. The Morgan fingerprint density at radius 2 is 2.04 bits per heavy atom. The number of pyridine rings is 1. The van der Waals surface area contributed by atoms with Gasteiger partial charge in [-0.05, 0) is 54.8 Å². The van der Waals surface area contributed by atoms with E-state index >= 15 is 0 Å². The van der Waals surface area contributed by atoms with E-state index in [1.54, 1.807) is 18.3 Å². The quantitative estimate of drug-likeness (QED) is 0.752. The molecule has 0 aliphatic carbocycles. The monoisotopic (exact) mass is 364 g/mol. The van der Waals surface area contributed by atoms with Crippen molar-refractivity contribution in [1.29, 1.82) is 0 Å². The van der Waals surface area contributed by atoms with Crippen LogP contribution in [0.5, 0.6) is 0 Å². The van der Waals surface area contributed by atoms with Gasteiger partial charge in [-0.25, -0.2) is 4.39 Å². The minimum absolute atomic E-state index is 0.212. The lowest BCUT2D eigenvalue weighted by Crippen LogP contribution is -2.41. The van der Waals surface area contributed by atoms with Crippen molar-refractivity contribution in [2.45, 2.75) is 18.9 Å². The number of fused-ring (bicyclic) bond motifs is 1. The molecule has 1 saturated heterocycles. The molecule has 1 fully saturated rings. The van der Waals surface area contributed by atoms with Crippen molar-refractivity contribution in [3.63, 3.8) is 0 Å². The number of aromatic nitrogens is 1. The van der Waals surface area contributed by atoms with E-state index in [1.807, 2.05) is 36.4 Å². The predicted molar refractivity (Wildman–Crippen MR) is 102 cm³/mol. The van der Waals surface area contributed by atoms with Crippen LogP contribution in [0.4, 0.5) is 4.39 Å². The summed E-state index contributed by atoms with van der Waals surface area (Å²) < 4.78 is 14.0. The van der Waals surface area contributed by atoms with Crippen LogP contribution in [0.3, 0.4) is 0 Å². The van der Waals surface area contributed by atoms with Crippen LogP contribution >= 0.6 is 0 Å². The number of hydrogen-bond donors (Lipinski definition) is 1. The Morgan fingerprint density at radius 3 is 2.85 bits per heavy atom. The standard InChI is InChI=1S/C22H21FN2O2/c23-17-7-3-5-15(13-17)21(25-12-4-6-16(14-25)22(26)27)19-10-11-24-20-9-2-1-8-18(19)20/h1-3,5,7-11,13,16,21H,4,6,12,14H2,(H,26,27). The highest BCUT2D eigenvalue weighted by Gasteiger charge is 2.32. The predicted octanol–water partition coefficient (Wildman–Crippen LogP) is 4.26. The summed E-state index contributed by atoms with van der Waals surface area (Å²) in [5, 5.41) is 10.5. The van der Waals surface area contributed by atoms with Crippen LogP contribution in [0, 0.1) is 11.7 Å². The fourth-order valence-electron chi connectivity index (χ4n) is 4.06. The number of carboxylic acids is 1. The number of nitrogens with zero attached hydrogens (tertiary/aromatic N) is 2. The van der Waals surface area contributed by atoms with E-state index in [0.29, 0.717) is 13.0 Å². The van der Waals surface area contributed by atoms with Crippen molar-refractivity contribution >= 4 is 16.9 Å². The average molecular weight is 364 g/mol. The lowest BCUT2D eigenvalue weighted by Gasteiger charge is -2.38. The van der Waals surface area contributed by atoms with Crippen molar-refractivity contribution in [2.75, 3.05) is 13.1 Å². The van der Waals surface area contributed by atoms with Crippen molar-refractivity contribution < 1.29 is 14.3 Å². The van der Waals surface area contributed by atoms with E-state index < -0.39 is 11.9 Å². The van der Waals surface area contributed by atoms with Gasteiger partial charge < -0.3 is 5.11 Å². The number of carbonyl (C=O) groups is 1. The Bertz CT molecular complexity index is 970. The normalized spacial score (nSPS) is 19.1. The fraction of sp³-hybridized carbons (Fsp3) is 0.273. The van der Waals surface area contributed by atoms with Gasteiger partial charge in [-0.3, -0.25) is 14.7 Å². The van der Waals surface area contributed by atoms with Crippen LogP contribution in [-0.2, 0) is 4.79 Å². The van der Waals surface area contributed by atoms with Crippen LogP contribution in [0.1, 0.15) is 30.0 Å². The first-order valence-electron chi connectivity index (χ1n) is 9.19. The minimum Gasteiger partial charge on any atom is -0.481 e. The molecular weight excluding hydrogens is 343 g/mol. The molecule has 1 aliphatic heterocycles. The van der Waals surface area contributed by atoms with Gasteiger partial charge in [0.05, 0.1) is 17.5 Å². The molecule has 138 valence electrons. The van der Waals surface area contributed by atoms with Gasteiger partial charge in [-0.2, -0.15) is 0 Å². The summed E-state index contributed by atoms with van der Waals surface area (Å²) in [4.78, 5) is 18.2. The number of piperidine rings is 1. The molecule has 2 aromatic carbocycles. The van der Waals surface area contributed by atoms with Gasteiger partial charge in [0, 0.05) is 18.1 Å². The zero-order chi connectivity index (χ0) is 18.8. The first kappa shape index (κ1) is 17.6. The van der Waals surface area contributed by atoms with Crippen LogP contribution in [0.15, 0.2) is 60.8 Å². The Labute approximate surface area is 157 Å². The third-order valence-corrected chi connectivity index (χ3v) is 5.31. The molecule has 1 aromatic heterocycles. The van der Waals surface area contributed by atoms with E-state index in [2.05, 4.69) is 9.88 Å². The molecule has 3 aromatic rings. The molecule has 27 heavy (non-hydrogen) atoms. The first-order chi connectivity index (χ1) is 13.1. The Kier molecular flexibility index (Phi) is 4.86. The number of aliphatic carboxylic acids is 1. The van der Waals surface area contributed by atoms with Crippen LogP contribution in [-0.4, -0.2) is 34.0 Å². The lowest BCUT2D eigenvalue weighted by atomic mass is 9.90. The van der Waals surface area contributed by atoms with Crippen molar-refractivity contribution in [1.82, 2.24) is 9.88 Å². The molecule has 5 heteroatoms. The molecule has 4 rings (SSSR count). The maximum Gasteiger partial charge on any atom is 0.307 e. The number of likely N-dealkylation sites (tertiary alicyclic amines) is 1. The van der Waals surface area contributed by atoms with Gasteiger partial charge in [0.1, 0.15) is 5.82 Å². The number of hydrogen-bond acceptors (Lipinski definition) is 3. The molecule has 0 bridgehead atoms. The van der Waals surface area contributed by atoms with Gasteiger partial charge in [0.2, 0.25) is 0 Å². The fourth-order valence-corrected chi connectivity index (χ4v) is 4.06. The highest BCUT2D eigenvalue weighted by atomic mass is 19.1. The summed E-state index contributed by atoms with van der Waals surface area (Å²) in [5.74, 6) is -1.46. The third-order valence-electron chi connectivity index (χ3n) is 5.31. The van der Waals surface area contributed by atoms with E-state index in [9.17, 15) is 14.3 Å². The largest absolute Gasteiger partial charge is 0.481 e. The molecular formula is C22H21FN2O2. The Morgan fingerprint density at radius 1 is 1.19 bits per heavy atom. The highest BCUT2D eigenvalue weighted by Crippen LogP contribution is 2.36. The van der Waals surface area contributed by atoms with Crippen LogP contribution in [0.25, 0.3) is 10.9 Å². The Hall–Kier alpha value is -2.79. The third kappa shape index (κ3) is 3.55. The van der Waals surface area contributed by atoms with Crippen LogP contribution < -0.4 is 0 Å². The van der Waals surface area contributed by atoms with Gasteiger partial charge in [0.25, 0.3) is 0 Å². The number of rotatable bonds is 4. The van der Waals surface area contributed by atoms with Crippen molar-refractivity contribution in [3.05, 3.63) is 77.7 Å². The van der Waals surface area contributed by atoms with Crippen molar-refractivity contribution in [3.8, 4) is 0 Å². The summed E-state index contributed by atoms with van der Waals surface area (Å²) in [6.45, 7) is 1.23. The summed E-state index contributed by atoms with van der Waals surface area (Å²) in [6, 6.07) is 16.2. The summed E-state index contributed by atoms with van der Waals surface area (Å²) in [7, 11) is 0. The first-order valence-corrected chi connectivity index (χ1v) is 9.19. The number of halogens is 1. The number of benzene rings is 2. The Balaban J connectivity index is 1.84. The molecule has 4 nitrogen and oxygen atoms in total. The molecule has 1 N–H and O–H groups in total. The summed E-state index contributed by atoms with van der Waals surface area (Å²) in [5.41, 5.74) is 2.73. The highest BCUT2D eigenvalue weighted by molar-refractivity contribution is 5.82. The summed E-state index contributed by atoms with van der Waals surface area (Å²) >= 11 is 0. The zero-order valence-corrected chi connectivity index (χ0v) is 14.9. The van der Waals surface area contributed by atoms with Gasteiger partial charge in [-0.1, -0.05) is 30.3 Å². The number of para-hydroxylation sites is 1. The molecule has 0 spiro atoms. The molecule has 1 aliphatic rings. The molecule has 0 radical (unpaired) electrons. The second-order valence-corrected chi connectivity index (χ2v) is 7.05. The van der Waals surface area contributed by atoms with Crippen molar-refractivity contribution in [2.24, 2.45) is 5.92 Å². The maximum atomic E-state index is 14.0. The molecule has 2 unspecified atom stereocenters. The van der Waals surface area contributed by atoms with E-state index in [0.717, 1.165) is 35.0 Å². The van der Waals surface area contributed by atoms with Gasteiger partial charge in [0.15, 0.2) is 0 Å². The van der Waals surface area contributed by atoms with Gasteiger partial charge >= 0.3 is 5.97 Å². The van der Waals surface area contributed by atoms with E-state index in [4.69, 9.17) is 0 Å². The number of carboxylic acid groups (broad SMARTS) is 1. The van der Waals surface area contributed by atoms with E-state index in [-0.39, 0.29) is 11.9 Å². The minimum atomic E-state index is -0.766. The van der Waals surface area contributed by atoms with Gasteiger partial charge in [-0.15, -0.1) is 0 Å². The topological polar surface area (TPSA) is 53.4 Å². The average Bonchev–Trinajstić information content (AvgIpc) is 2.69. The summed E-state index contributed by atoms with van der Waals surface area (Å²) in [6.07, 6.45) is 3.26. The second-order valence-electron chi connectivity index (χ2n) is 7.05. The molecule has 2 atom stereocenters. The SMILES string of the molecule is O=C(O)C1CCCN(C(c2cccc(F)c2)c2ccnc3ccccc23)C1. The van der Waals surface area contributed by atoms with Crippen LogP contribution in [0.2, 0.25) is 0 Å². The zero-order valence-electron chi connectivity index (χ0n) is 14.9.